The second-order valence-corrected chi connectivity index (χ2v) is 11.8. The van der Waals surface area contributed by atoms with Crippen molar-refractivity contribution in [2.45, 2.75) is 45.2 Å². The van der Waals surface area contributed by atoms with Crippen LogP contribution in [0.5, 0.6) is 11.5 Å². The van der Waals surface area contributed by atoms with Gasteiger partial charge < -0.3 is 19.4 Å². The number of fused-ring (bicyclic) bond motifs is 1. The van der Waals surface area contributed by atoms with E-state index in [1.807, 2.05) is 23.6 Å². The van der Waals surface area contributed by atoms with Crippen molar-refractivity contribution < 1.29 is 19.1 Å². The van der Waals surface area contributed by atoms with Gasteiger partial charge >= 0.3 is 0 Å². The van der Waals surface area contributed by atoms with Crippen LogP contribution in [0.2, 0.25) is 0 Å². The second kappa shape index (κ2) is 9.62. The molecule has 2 aromatic carbocycles. The second-order valence-electron chi connectivity index (χ2n) is 10.9. The summed E-state index contributed by atoms with van der Waals surface area (Å²) in [6.07, 6.45) is 6.02. The highest BCUT2D eigenvalue weighted by Gasteiger charge is 2.54. The molecule has 0 radical (unpaired) electrons. The van der Waals surface area contributed by atoms with E-state index in [2.05, 4.69) is 46.4 Å². The van der Waals surface area contributed by atoms with E-state index in [4.69, 9.17) is 9.47 Å². The summed E-state index contributed by atoms with van der Waals surface area (Å²) in [7, 11) is 3.31. The Bertz CT molecular complexity index is 1480. The van der Waals surface area contributed by atoms with Crippen molar-refractivity contribution in [1.29, 1.82) is 0 Å². The van der Waals surface area contributed by atoms with Gasteiger partial charge in [0.1, 0.15) is 17.3 Å². The standard InChI is InChI=1S/C31H32N2O4S/c1-19(34)23-13-31(14-23)15-24(16-31)32-30(35)27-18-38-28-8-9-33(29(27)28)17-20-4-6-21(7-5-20)22-10-25(36-2)12-26(11-22)37-3/h4-12,18,23-24H,13-17H2,1-3H3,(H,32,35). The van der Waals surface area contributed by atoms with Gasteiger partial charge in [-0.3, -0.25) is 9.59 Å². The van der Waals surface area contributed by atoms with Crippen molar-refractivity contribution >= 4 is 33.2 Å². The minimum atomic E-state index is 0.000751. The van der Waals surface area contributed by atoms with Crippen LogP contribution in [0.4, 0.5) is 0 Å². The minimum absolute atomic E-state index is 0.000751. The zero-order chi connectivity index (χ0) is 26.4. The number of carbonyl (C=O) groups is 2. The van der Waals surface area contributed by atoms with Crippen LogP contribution in [0.25, 0.3) is 21.3 Å². The molecule has 1 amide bonds. The van der Waals surface area contributed by atoms with E-state index >= 15 is 0 Å². The summed E-state index contributed by atoms with van der Waals surface area (Å²) < 4.78 is 14.1. The molecule has 0 bridgehead atoms. The topological polar surface area (TPSA) is 69.6 Å². The van der Waals surface area contributed by atoms with Crippen molar-refractivity contribution in [1.82, 2.24) is 9.88 Å². The first kappa shape index (κ1) is 24.7. The SMILES string of the molecule is COc1cc(OC)cc(-c2ccc(Cn3ccc4scc(C(=O)NC5CC6(C5)CC(C(C)=O)C6)c43)cc2)c1. The molecule has 0 saturated heterocycles. The number of Topliss-reactive ketones (excluding diaryl/α,β-unsaturated/α-hetero) is 1. The first-order valence-electron chi connectivity index (χ1n) is 13.1. The molecule has 2 aliphatic rings. The van der Waals surface area contributed by atoms with E-state index in [-0.39, 0.29) is 17.9 Å². The van der Waals surface area contributed by atoms with Gasteiger partial charge in [-0.2, -0.15) is 0 Å². The molecule has 38 heavy (non-hydrogen) atoms. The molecule has 2 heterocycles. The number of nitrogens with zero attached hydrogens (tertiary/aromatic N) is 1. The molecule has 7 heteroatoms. The lowest BCUT2D eigenvalue weighted by atomic mass is 9.49. The number of thiophene rings is 1. The summed E-state index contributed by atoms with van der Waals surface area (Å²) in [5, 5.41) is 5.22. The van der Waals surface area contributed by atoms with Crippen LogP contribution in [0.3, 0.4) is 0 Å². The molecular weight excluding hydrogens is 496 g/mol. The van der Waals surface area contributed by atoms with Gasteiger partial charge in [-0.15, -0.1) is 11.3 Å². The van der Waals surface area contributed by atoms with Crippen LogP contribution in [-0.2, 0) is 11.3 Å². The third kappa shape index (κ3) is 4.49. The molecule has 0 atom stereocenters. The predicted molar refractivity (Wildman–Crippen MR) is 150 cm³/mol. The summed E-state index contributed by atoms with van der Waals surface area (Å²) in [6, 6.07) is 16.6. The molecule has 4 aromatic rings. The van der Waals surface area contributed by atoms with Crippen LogP contribution in [-0.4, -0.2) is 36.5 Å². The lowest BCUT2D eigenvalue weighted by molar-refractivity contribution is -0.134. The van der Waals surface area contributed by atoms with Gasteiger partial charge in [-0.25, -0.2) is 0 Å². The van der Waals surface area contributed by atoms with E-state index in [1.54, 1.807) is 32.5 Å². The normalized spacial score (nSPS) is 22.1. The number of methoxy groups -OCH3 is 2. The molecule has 2 saturated carbocycles. The third-order valence-electron chi connectivity index (χ3n) is 8.35. The van der Waals surface area contributed by atoms with Gasteiger partial charge in [0.15, 0.2) is 0 Å². The number of ether oxygens (including phenoxy) is 2. The van der Waals surface area contributed by atoms with Crippen molar-refractivity contribution in [3.63, 3.8) is 0 Å². The Morgan fingerprint density at radius 2 is 1.66 bits per heavy atom. The number of aromatic nitrogens is 1. The molecule has 0 aliphatic heterocycles. The summed E-state index contributed by atoms with van der Waals surface area (Å²) in [4.78, 5) is 24.8. The lowest BCUT2D eigenvalue weighted by Crippen LogP contribution is -2.57. The zero-order valence-electron chi connectivity index (χ0n) is 22.0. The van der Waals surface area contributed by atoms with Crippen LogP contribution < -0.4 is 14.8 Å². The van der Waals surface area contributed by atoms with Crippen molar-refractivity contribution in [2.75, 3.05) is 14.2 Å². The number of ketones is 1. The maximum Gasteiger partial charge on any atom is 0.254 e. The fraction of sp³-hybridized carbons (Fsp3) is 0.355. The van der Waals surface area contributed by atoms with Gasteiger partial charge in [-0.05, 0) is 72.9 Å². The third-order valence-corrected chi connectivity index (χ3v) is 9.29. The fourth-order valence-electron chi connectivity index (χ4n) is 6.24. The van der Waals surface area contributed by atoms with Crippen LogP contribution >= 0.6 is 11.3 Å². The zero-order valence-corrected chi connectivity index (χ0v) is 22.8. The molecular formula is C31H32N2O4S. The van der Waals surface area contributed by atoms with Crippen LogP contribution in [0.1, 0.15) is 48.5 Å². The lowest BCUT2D eigenvalue weighted by Gasteiger charge is -2.57. The first-order chi connectivity index (χ1) is 18.4. The van der Waals surface area contributed by atoms with Crippen LogP contribution in [0.15, 0.2) is 60.1 Å². The van der Waals surface area contributed by atoms with Crippen molar-refractivity contribution in [3.05, 3.63) is 71.2 Å². The molecule has 1 spiro atoms. The summed E-state index contributed by atoms with van der Waals surface area (Å²) in [5.41, 5.74) is 5.29. The highest BCUT2D eigenvalue weighted by atomic mass is 32.1. The van der Waals surface area contributed by atoms with E-state index in [0.717, 1.165) is 69.7 Å². The molecule has 1 N–H and O–H groups in total. The van der Waals surface area contributed by atoms with Gasteiger partial charge in [0.2, 0.25) is 0 Å². The highest BCUT2D eigenvalue weighted by molar-refractivity contribution is 7.17. The van der Waals surface area contributed by atoms with E-state index in [0.29, 0.717) is 17.7 Å². The molecule has 2 fully saturated rings. The molecule has 2 aromatic heterocycles. The molecule has 6 nitrogen and oxygen atoms in total. The smallest absolute Gasteiger partial charge is 0.254 e. The van der Waals surface area contributed by atoms with Crippen LogP contribution in [0, 0.1) is 11.3 Å². The predicted octanol–water partition coefficient (Wildman–Crippen LogP) is 6.31. The van der Waals surface area contributed by atoms with Gasteiger partial charge in [0.25, 0.3) is 5.91 Å². The highest BCUT2D eigenvalue weighted by Crippen LogP contribution is 2.58. The monoisotopic (exact) mass is 528 g/mol. The van der Waals surface area contributed by atoms with E-state index < -0.39 is 0 Å². The van der Waals surface area contributed by atoms with Gasteiger partial charge in [0.05, 0.1) is 30.0 Å². The number of hydrogen-bond acceptors (Lipinski definition) is 5. The number of rotatable bonds is 8. The number of amides is 1. The van der Waals surface area contributed by atoms with Crippen molar-refractivity contribution in [3.8, 4) is 22.6 Å². The maximum atomic E-state index is 13.2. The number of benzene rings is 2. The molecule has 2 aliphatic carbocycles. The Hall–Kier alpha value is -3.58. The number of carbonyl (C=O) groups excluding carboxylic acids is 2. The summed E-state index contributed by atoms with van der Waals surface area (Å²) >= 11 is 1.61. The van der Waals surface area contributed by atoms with E-state index in [9.17, 15) is 9.59 Å². The Morgan fingerprint density at radius 3 is 2.29 bits per heavy atom. The Labute approximate surface area is 226 Å². The van der Waals surface area contributed by atoms with Gasteiger partial charge in [0, 0.05) is 36.1 Å². The Morgan fingerprint density at radius 1 is 0.974 bits per heavy atom. The summed E-state index contributed by atoms with van der Waals surface area (Å²) in [5.74, 6) is 2.05. The average molecular weight is 529 g/mol. The Kier molecular flexibility index (Phi) is 6.26. The number of nitrogens with one attached hydrogen (secondary N) is 1. The largest absolute Gasteiger partial charge is 0.497 e. The van der Waals surface area contributed by atoms with Crippen molar-refractivity contribution in [2.24, 2.45) is 11.3 Å². The average Bonchev–Trinajstić information content (AvgIpc) is 3.47. The maximum absolute atomic E-state index is 13.2. The molecule has 196 valence electrons. The molecule has 0 unspecified atom stereocenters. The van der Waals surface area contributed by atoms with E-state index in [1.165, 1.54) is 0 Å². The molecule has 6 rings (SSSR count). The summed E-state index contributed by atoms with van der Waals surface area (Å²) in [6.45, 7) is 2.38. The fourth-order valence-corrected chi connectivity index (χ4v) is 7.18. The Balaban J connectivity index is 1.14. The quantitative estimate of drug-likeness (QED) is 0.291. The first-order valence-corrected chi connectivity index (χ1v) is 13.9. The minimum Gasteiger partial charge on any atom is -0.497 e. The van der Waals surface area contributed by atoms with Gasteiger partial charge in [-0.1, -0.05) is 24.3 Å². The number of hydrogen-bond donors (Lipinski definition) is 1.